The molecule has 41 heavy (non-hydrogen) atoms. The van der Waals surface area contributed by atoms with E-state index >= 15 is 0 Å². The molecule has 4 heterocycles. The Morgan fingerprint density at radius 3 is 2.51 bits per heavy atom. The average Bonchev–Trinajstić information content (AvgIpc) is 3.70. The molecule has 7 rings (SSSR count). The molecule has 7 nitrogen and oxygen atoms in total. The van der Waals surface area contributed by atoms with Crippen molar-refractivity contribution < 1.29 is 9.53 Å². The molecule has 1 fully saturated rings. The number of piperazine rings is 1. The number of amides is 1. The molecule has 1 unspecified atom stereocenters. The molecule has 8 heteroatoms. The van der Waals surface area contributed by atoms with E-state index in [1.165, 1.54) is 22.9 Å². The molecular weight excluding hydrogens is 530 g/mol. The SMILES string of the molecule is CC1Cc2cc(-c3nn(-c4ccccc4)cc3C=C3SC(N4CCN(Cc5ccccc5)CC4)=NC3=O)ccc2O1. The number of ether oxygens (including phenoxy) is 1. The van der Waals surface area contributed by atoms with Crippen molar-refractivity contribution in [2.75, 3.05) is 26.2 Å². The maximum absolute atomic E-state index is 13.1. The molecule has 0 saturated carbocycles. The number of para-hydroxylation sites is 1. The molecule has 0 bridgehead atoms. The van der Waals surface area contributed by atoms with Gasteiger partial charge < -0.3 is 9.64 Å². The summed E-state index contributed by atoms with van der Waals surface area (Å²) in [5, 5.41) is 5.76. The van der Waals surface area contributed by atoms with E-state index in [0.29, 0.717) is 4.91 Å². The Morgan fingerprint density at radius 2 is 1.73 bits per heavy atom. The topological polar surface area (TPSA) is 63.0 Å². The second-order valence-corrected chi connectivity index (χ2v) is 11.7. The van der Waals surface area contributed by atoms with Crippen LogP contribution in [-0.4, -0.2) is 62.9 Å². The molecule has 0 N–H and O–H groups in total. The largest absolute Gasteiger partial charge is 0.490 e. The molecular formula is C33H31N5O2S. The van der Waals surface area contributed by atoms with Gasteiger partial charge in [-0.25, -0.2) is 4.68 Å². The lowest BCUT2D eigenvalue weighted by molar-refractivity contribution is -0.113. The van der Waals surface area contributed by atoms with Crippen molar-refractivity contribution >= 4 is 28.9 Å². The monoisotopic (exact) mass is 561 g/mol. The van der Waals surface area contributed by atoms with Crippen molar-refractivity contribution in [2.45, 2.75) is 26.0 Å². The van der Waals surface area contributed by atoms with E-state index in [1.54, 1.807) is 0 Å². The van der Waals surface area contributed by atoms with Crippen LogP contribution in [0, 0.1) is 0 Å². The Bertz CT molecular complexity index is 1640. The van der Waals surface area contributed by atoms with E-state index in [9.17, 15) is 4.79 Å². The number of fused-ring (bicyclic) bond motifs is 1. The smallest absolute Gasteiger partial charge is 0.286 e. The summed E-state index contributed by atoms with van der Waals surface area (Å²) in [6, 6.07) is 26.9. The van der Waals surface area contributed by atoms with Crippen molar-refractivity contribution in [1.82, 2.24) is 19.6 Å². The number of rotatable bonds is 5. The van der Waals surface area contributed by atoms with Gasteiger partial charge in [0.05, 0.1) is 10.6 Å². The predicted octanol–water partition coefficient (Wildman–Crippen LogP) is 5.65. The summed E-state index contributed by atoms with van der Waals surface area (Å²) >= 11 is 1.47. The Labute approximate surface area is 244 Å². The van der Waals surface area contributed by atoms with Gasteiger partial charge in [-0.15, -0.1) is 0 Å². The van der Waals surface area contributed by atoms with Gasteiger partial charge in [0.1, 0.15) is 17.5 Å². The lowest BCUT2D eigenvalue weighted by Gasteiger charge is -2.35. The third kappa shape index (κ3) is 5.45. The molecule has 0 aliphatic carbocycles. The van der Waals surface area contributed by atoms with Crippen molar-refractivity contribution in [3.8, 4) is 22.7 Å². The number of carbonyl (C=O) groups excluding carboxylic acids is 1. The van der Waals surface area contributed by atoms with E-state index in [-0.39, 0.29) is 12.0 Å². The van der Waals surface area contributed by atoms with Crippen LogP contribution in [0.15, 0.2) is 95.0 Å². The van der Waals surface area contributed by atoms with Crippen molar-refractivity contribution in [3.63, 3.8) is 0 Å². The molecule has 0 spiro atoms. The molecule has 206 valence electrons. The Hall–Kier alpha value is -4.14. The third-order valence-electron chi connectivity index (χ3n) is 7.72. The highest BCUT2D eigenvalue weighted by Crippen LogP contribution is 2.36. The maximum atomic E-state index is 13.1. The van der Waals surface area contributed by atoms with Gasteiger partial charge in [0.15, 0.2) is 5.17 Å². The highest BCUT2D eigenvalue weighted by atomic mass is 32.2. The van der Waals surface area contributed by atoms with Gasteiger partial charge >= 0.3 is 0 Å². The van der Waals surface area contributed by atoms with Crippen LogP contribution in [0.4, 0.5) is 0 Å². The highest BCUT2D eigenvalue weighted by Gasteiger charge is 2.29. The van der Waals surface area contributed by atoms with Crippen molar-refractivity contribution in [1.29, 1.82) is 0 Å². The van der Waals surface area contributed by atoms with Crippen LogP contribution in [0.25, 0.3) is 23.0 Å². The summed E-state index contributed by atoms with van der Waals surface area (Å²) in [6.45, 7) is 6.62. The summed E-state index contributed by atoms with van der Waals surface area (Å²) in [7, 11) is 0. The lowest BCUT2D eigenvalue weighted by atomic mass is 10.0. The third-order valence-corrected chi connectivity index (χ3v) is 8.76. The first-order valence-electron chi connectivity index (χ1n) is 14.1. The Balaban J connectivity index is 1.12. The van der Waals surface area contributed by atoms with Crippen LogP contribution < -0.4 is 4.74 Å². The summed E-state index contributed by atoms with van der Waals surface area (Å²) in [4.78, 5) is 22.9. The zero-order valence-corrected chi connectivity index (χ0v) is 23.8. The molecule has 3 aliphatic rings. The van der Waals surface area contributed by atoms with Crippen LogP contribution in [0.5, 0.6) is 5.75 Å². The van der Waals surface area contributed by atoms with Crippen molar-refractivity contribution in [3.05, 3.63) is 107 Å². The number of hydrogen-bond acceptors (Lipinski definition) is 6. The number of carbonyl (C=O) groups is 1. The summed E-state index contributed by atoms with van der Waals surface area (Å²) < 4.78 is 7.80. The molecule has 1 saturated heterocycles. The number of nitrogens with zero attached hydrogens (tertiary/aromatic N) is 5. The number of aliphatic imine (C=N–C) groups is 1. The van der Waals surface area contributed by atoms with E-state index < -0.39 is 0 Å². The minimum atomic E-state index is -0.189. The van der Waals surface area contributed by atoms with E-state index in [1.807, 2.05) is 53.4 Å². The van der Waals surface area contributed by atoms with Crippen LogP contribution >= 0.6 is 11.8 Å². The molecule has 0 radical (unpaired) electrons. The van der Waals surface area contributed by atoms with Crippen molar-refractivity contribution in [2.24, 2.45) is 4.99 Å². The van der Waals surface area contributed by atoms with E-state index in [4.69, 9.17) is 9.84 Å². The number of thioether (sulfide) groups is 1. The van der Waals surface area contributed by atoms with Gasteiger partial charge in [0.2, 0.25) is 0 Å². The standard InChI is InChI=1S/C33H31N5O2S/c1-23-18-26-19-25(12-13-29(26)40-23)31-27(22-38(35-31)28-10-6-3-7-11-28)20-30-32(39)34-33(41-30)37-16-14-36(15-17-37)21-24-8-4-2-5-9-24/h2-13,19-20,22-23H,14-18,21H2,1H3. The first-order chi connectivity index (χ1) is 20.1. The average molecular weight is 562 g/mol. The van der Waals surface area contributed by atoms with Crippen LogP contribution in [0.2, 0.25) is 0 Å². The zero-order valence-electron chi connectivity index (χ0n) is 22.9. The normalized spacial score (nSPS) is 19.9. The maximum Gasteiger partial charge on any atom is 0.286 e. The van der Waals surface area contributed by atoms with Gasteiger partial charge in [-0.3, -0.25) is 9.69 Å². The van der Waals surface area contributed by atoms with Gasteiger partial charge in [-0.1, -0.05) is 48.5 Å². The fourth-order valence-electron chi connectivity index (χ4n) is 5.61. The Morgan fingerprint density at radius 1 is 0.976 bits per heavy atom. The molecule has 1 atom stereocenters. The first kappa shape index (κ1) is 25.8. The minimum absolute atomic E-state index is 0.173. The molecule has 4 aromatic rings. The predicted molar refractivity (Wildman–Crippen MR) is 164 cm³/mol. The van der Waals surface area contributed by atoms with E-state index in [2.05, 4.69) is 64.2 Å². The summed E-state index contributed by atoms with van der Waals surface area (Å²) in [6.07, 6.45) is 5.00. The fourth-order valence-corrected chi connectivity index (χ4v) is 6.57. The van der Waals surface area contributed by atoms with Gasteiger partial charge in [0, 0.05) is 56.5 Å². The van der Waals surface area contributed by atoms with Crippen LogP contribution in [0.1, 0.15) is 23.6 Å². The van der Waals surface area contributed by atoms with Crippen LogP contribution in [0.3, 0.4) is 0 Å². The highest BCUT2D eigenvalue weighted by molar-refractivity contribution is 8.18. The number of hydrogen-bond donors (Lipinski definition) is 0. The minimum Gasteiger partial charge on any atom is -0.490 e. The quantitative estimate of drug-likeness (QED) is 0.294. The first-order valence-corrected chi connectivity index (χ1v) is 14.9. The number of amidine groups is 1. The summed E-state index contributed by atoms with van der Waals surface area (Å²) in [5.41, 5.74) is 6.21. The zero-order chi connectivity index (χ0) is 27.8. The lowest BCUT2D eigenvalue weighted by Crippen LogP contribution is -2.47. The second-order valence-electron chi connectivity index (χ2n) is 10.7. The van der Waals surface area contributed by atoms with Crippen LogP contribution in [-0.2, 0) is 17.8 Å². The second kappa shape index (κ2) is 11.0. The summed E-state index contributed by atoms with van der Waals surface area (Å²) in [5.74, 6) is 0.749. The number of aromatic nitrogens is 2. The number of benzene rings is 3. The fraction of sp³-hybridized carbons (Fsp3) is 0.242. The Kier molecular flexibility index (Phi) is 6.94. The van der Waals surface area contributed by atoms with Gasteiger partial charge in [-0.05, 0) is 66.2 Å². The van der Waals surface area contributed by atoms with E-state index in [0.717, 1.165) is 72.6 Å². The van der Waals surface area contributed by atoms with Gasteiger partial charge in [0.25, 0.3) is 5.91 Å². The molecule has 1 aromatic heterocycles. The molecule has 3 aromatic carbocycles. The molecule has 3 aliphatic heterocycles. The van der Waals surface area contributed by atoms with Gasteiger partial charge in [-0.2, -0.15) is 10.1 Å². The molecule has 1 amide bonds.